The molecule has 2 amide bonds. The Kier molecular flexibility index (Phi) is 6.55. The second-order valence-electron chi connectivity index (χ2n) is 5.74. The molecule has 23 heavy (non-hydrogen) atoms. The minimum absolute atomic E-state index is 0.466. The van der Waals surface area contributed by atoms with Crippen LogP contribution >= 0.6 is 0 Å². The van der Waals surface area contributed by atoms with Crippen LogP contribution in [0.2, 0.25) is 0 Å². The van der Waals surface area contributed by atoms with Crippen molar-refractivity contribution in [3.63, 3.8) is 0 Å². The van der Waals surface area contributed by atoms with E-state index in [1.807, 2.05) is 38.1 Å². The fourth-order valence-corrected chi connectivity index (χ4v) is 2.70. The van der Waals surface area contributed by atoms with E-state index in [9.17, 15) is 9.59 Å². The molecule has 0 aromatic heterocycles. The van der Waals surface area contributed by atoms with Crippen molar-refractivity contribution < 1.29 is 9.59 Å². The Bertz CT molecular complexity index is 541. The summed E-state index contributed by atoms with van der Waals surface area (Å²) in [6.07, 6.45) is 0. The molecule has 1 aliphatic heterocycles. The lowest BCUT2D eigenvalue weighted by Crippen LogP contribution is -2.48. The zero-order chi connectivity index (χ0) is 16.7. The number of carbonyl (C=O) groups is 2. The predicted octanol–water partition coefficient (Wildman–Crippen LogP) is 0.369. The SMILES string of the molecule is CCN(C(=O)C(=O)NCCN1CCNCC1)c1cccc(C)c1. The van der Waals surface area contributed by atoms with E-state index < -0.39 is 11.8 Å². The summed E-state index contributed by atoms with van der Waals surface area (Å²) >= 11 is 0. The summed E-state index contributed by atoms with van der Waals surface area (Å²) in [4.78, 5) is 28.3. The molecule has 1 fully saturated rings. The number of nitrogens with zero attached hydrogens (tertiary/aromatic N) is 2. The third kappa shape index (κ3) is 5.04. The molecule has 0 unspecified atom stereocenters. The number of hydrogen-bond donors (Lipinski definition) is 2. The lowest BCUT2D eigenvalue weighted by Gasteiger charge is -2.27. The van der Waals surface area contributed by atoms with E-state index in [1.54, 1.807) is 0 Å². The van der Waals surface area contributed by atoms with Crippen molar-refractivity contribution in [2.75, 3.05) is 50.7 Å². The standard InChI is InChI=1S/C17H26N4O2/c1-3-21(15-6-4-5-14(2)13-15)17(23)16(22)19-9-12-20-10-7-18-8-11-20/h4-6,13,18H,3,7-12H2,1-2H3,(H,19,22). The first-order valence-electron chi connectivity index (χ1n) is 8.21. The average Bonchev–Trinajstić information content (AvgIpc) is 2.56. The topological polar surface area (TPSA) is 64.7 Å². The smallest absolute Gasteiger partial charge is 0.316 e. The summed E-state index contributed by atoms with van der Waals surface area (Å²) in [5.74, 6) is -1.04. The summed E-state index contributed by atoms with van der Waals surface area (Å²) in [5, 5.41) is 6.02. The van der Waals surface area contributed by atoms with Gasteiger partial charge in [0.25, 0.3) is 0 Å². The Morgan fingerprint density at radius 2 is 2.04 bits per heavy atom. The van der Waals surface area contributed by atoms with Crippen LogP contribution in [0.3, 0.4) is 0 Å². The van der Waals surface area contributed by atoms with Gasteiger partial charge < -0.3 is 15.5 Å². The van der Waals surface area contributed by atoms with Crippen LogP contribution in [0.1, 0.15) is 12.5 Å². The average molecular weight is 318 g/mol. The van der Waals surface area contributed by atoms with Crippen LogP contribution in [-0.4, -0.2) is 62.5 Å². The minimum Gasteiger partial charge on any atom is -0.347 e. The first kappa shape index (κ1) is 17.4. The van der Waals surface area contributed by atoms with Crippen molar-refractivity contribution in [3.05, 3.63) is 29.8 Å². The number of rotatable bonds is 5. The number of likely N-dealkylation sites (N-methyl/N-ethyl adjacent to an activating group) is 1. The minimum atomic E-state index is -0.538. The molecule has 0 aliphatic carbocycles. The van der Waals surface area contributed by atoms with E-state index in [-0.39, 0.29) is 0 Å². The van der Waals surface area contributed by atoms with E-state index in [0.29, 0.717) is 13.1 Å². The largest absolute Gasteiger partial charge is 0.347 e. The summed E-state index contributed by atoms with van der Waals surface area (Å²) < 4.78 is 0. The van der Waals surface area contributed by atoms with Gasteiger partial charge in [-0.05, 0) is 31.5 Å². The zero-order valence-electron chi connectivity index (χ0n) is 14.0. The normalized spacial score (nSPS) is 15.2. The molecule has 6 heteroatoms. The molecule has 0 spiro atoms. The van der Waals surface area contributed by atoms with Crippen LogP contribution < -0.4 is 15.5 Å². The number of amides is 2. The fraction of sp³-hybridized carbons (Fsp3) is 0.529. The number of anilines is 1. The summed E-state index contributed by atoms with van der Waals surface area (Å²) in [6, 6.07) is 7.62. The molecule has 1 saturated heterocycles. The molecule has 0 bridgehead atoms. The summed E-state index contributed by atoms with van der Waals surface area (Å²) in [6.45, 7) is 9.49. The first-order chi connectivity index (χ1) is 11.1. The molecule has 2 N–H and O–H groups in total. The maximum atomic E-state index is 12.4. The Labute approximate surface area is 137 Å². The number of hydrogen-bond acceptors (Lipinski definition) is 4. The number of nitrogens with one attached hydrogen (secondary N) is 2. The van der Waals surface area contributed by atoms with Crippen LogP contribution in [0.15, 0.2) is 24.3 Å². The van der Waals surface area contributed by atoms with Gasteiger partial charge in [0.2, 0.25) is 0 Å². The molecule has 1 aromatic rings. The van der Waals surface area contributed by atoms with Crippen molar-refractivity contribution in [1.29, 1.82) is 0 Å². The maximum absolute atomic E-state index is 12.4. The van der Waals surface area contributed by atoms with E-state index in [0.717, 1.165) is 44.0 Å². The predicted molar refractivity (Wildman–Crippen MR) is 91.5 cm³/mol. The molecule has 1 aliphatic rings. The van der Waals surface area contributed by atoms with Crippen molar-refractivity contribution in [2.45, 2.75) is 13.8 Å². The van der Waals surface area contributed by atoms with Gasteiger partial charge in [0, 0.05) is 51.5 Å². The highest BCUT2D eigenvalue weighted by molar-refractivity contribution is 6.40. The molecule has 126 valence electrons. The molecule has 1 aromatic carbocycles. The lowest BCUT2D eigenvalue weighted by atomic mass is 10.2. The van der Waals surface area contributed by atoms with Gasteiger partial charge in [-0.1, -0.05) is 12.1 Å². The number of piperazine rings is 1. The molecular weight excluding hydrogens is 292 g/mol. The van der Waals surface area contributed by atoms with Crippen LogP contribution in [-0.2, 0) is 9.59 Å². The van der Waals surface area contributed by atoms with Gasteiger partial charge >= 0.3 is 11.8 Å². The molecule has 2 rings (SSSR count). The van der Waals surface area contributed by atoms with Crippen molar-refractivity contribution >= 4 is 17.5 Å². The Balaban J connectivity index is 1.85. The molecule has 6 nitrogen and oxygen atoms in total. The molecule has 0 atom stereocenters. The van der Waals surface area contributed by atoms with E-state index in [2.05, 4.69) is 15.5 Å². The quantitative estimate of drug-likeness (QED) is 0.770. The monoisotopic (exact) mass is 318 g/mol. The highest BCUT2D eigenvalue weighted by Crippen LogP contribution is 2.15. The van der Waals surface area contributed by atoms with Gasteiger partial charge in [0.1, 0.15) is 0 Å². The van der Waals surface area contributed by atoms with E-state index in [4.69, 9.17) is 0 Å². The van der Waals surface area contributed by atoms with E-state index in [1.165, 1.54) is 4.90 Å². The van der Waals surface area contributed by atoms with Gasteiger partial charge in [-0.15, -0.1) is 0 Å². The van der Waals surface area contributed by atoms with Crippen LogP contribution in [0.25, 0.3) is 0 Å². The Morgan fingerprint density at radius 3 is 2.70 bits per heavy atom. The van der Waals surface area contributed by atoms with Crippen LogP contribution in [0.4, 0.5) is 5.69 Å². The molecule has 0 saturated carbocycles. The fourth-order valence-electron chi connectivity index (χ4n) is 2.70. The first-order valence-corrected chi connectivity index (χ1v) is 8.21. The number of benzene rings is 1. The second kappa shape index (κ2) is 8.64. The number of aryl methyl sites for hydroxylation is 1. The third-order valence-corrected chi connectivity index (χ3v) is 3.99. The van der Waals surface area contributed by atoms with Gasteiger partial charge in [-0.3, -0.25) is 14.5 Å². The molecular formula is C17H26N4O2. The highest BCUT2D eigenvalue weighted by Gasteiger charge is 2.22. The van der Waals surface area contributed by atoms with Crippen LogP contribution in [0.5, 0.6) is 0 Å². The second-order valence-corrected chi connectivity index (χ2v) is 5.74. The van der Waals surface area contributed by atoms with Gasteiger partial charge in [-0.2, -0.15) is 0 Å². The van der Waals surface area contributed by atoms with Crippen molar-refractivity contribution in [3.8, 4) is 0 Å². The summed E-state index contributed by atoms with van der Waals surface area (Å²) in [5.41, 5.74) is 1.82. The van der Waals surface area contributed by atoms with Crippen LogP contribution in [0, 0.1) is 6.92 Å². The van der Waals surface area contributed by atoms with Gasteiger partial charge in [-0.25, -0.2) is 0 Å². The lowest BCUT2D eigenvalue weighted by molar-refractivity contribution is -0.137. The third-order valence-electron chi connectivity index (χ3n) is 3.99. The van der Waals surface area contributed by atoms with Crippen molar-refractivity contribution in [1.82, 2.24) is 15.5 Å². The summed E-state index contributed by atoms with van der Waals surface area (Å²) in [7, 11) is 0. The molecule has 1 heterocycles. The maximum Gasteiger partial charge on any atom is 0.316 e. The van der Waals surface area contributed by atoms with Gasteiger partial charge in [0.15, 0.2) is 0 Å². The Morgan fingerprint density at radius 1 is 1.30 bits per heavy atom. The Hall–Kier alpha value is -1.92. The van der Waals surface area contributed by atoms with E-state index >= 15 is 0 Å². The highest BCUT2D eigenvalue weighted by atomic mass is 16.2. The van der Waals surface area contributed by atoms with Crippen molar-refractivity contribution in [2.24, 2.45) is 0 Å². The number of carbonyl (C=O) groups excluding carboxylic acids is 2. The zero-order valence-corrected chi connectivity index (χ0v) is 14.0. The molecule has 0 radical (unpaired) electrons. The van der Waals surface area contributed by atoms with Gasteiger partial charge in [0.05, 0.1) is 0 Å².